The third-order valence-corrected chi connectivity index (χ3v) is 8.53. The molecule has 34 heavy (non-hydrogen) atoms. The molecular formula is C24H30N6O2S2. The number of hydrogen-bond donors (Lipinski definition) is 1. The van der Waals surface area contributed by atoms with Gasteiger partial charge in [0.1, 0.15) is 22.3 Å². The number of hydrogen-bond acceptors (Lipinski definition) is 8. The number of rotatable bonds is 6. The summed E-state index contributed by atoms with van der Waals surface area (Å²) in [5, 5.41) is 0.777. The van der Waals surface area contributed by atoms with Crippen molar-refractivity contribution < 1.29 is 4.79 Å². The summed E-state index contributed by atoms with van der Waals surface area (Å²) in [5.41, 5.74) is 2.13. The second kappa shape index (κ2) is 9.65. The van der Waals surface area contributed by atoms with E-state index >= 15 is 0 Å². The summed E-state index contributed by atoms with van der Waals surface area (Å²) in [6.07, 6.45) is 3.16. The van der Waals surface area contributed by atoms with Crippen molar-refractivity contribution in [1.29, 1.82) is 0 Å². The number of thiophene rings is 1. The van der Waals surface area contributed by atoms with Crippen LogP contribution in [0.1, 0.15) is 54.0 Å². The van der Waals surface area contributed by atoms with Crippen LogP contribution in [-0.2, 0) is 23.4 Å². The zero-order valence-electron chi connectivity index (χ0n) is 19.9. The Kier molecular flexibility index (Phi) is 6.61. The maximum atomic E-state index is 12.8. The van der Waals surface area contributed by atoms with E-state index in [4.69, 9.17) is 4.98 Å². The van der Waals surface area contributed by atoms with Gasteiger partial charge in [0.25, 0.3) is 5.56 Å². The Morgan fingerprint density at radius 2 is 1.97 bits per heavy atom. The predicted molar refractivity (Wildman–Crippen MR) is 138 cm³/mol. The van der Waals surface area contributed by atoms with Gasteiger partial charge in [0.15, 0.2) is 0 Å². The van der Waals surface area contributed by atoms with Crippen molar-refractivity contribution in [2.24, 2.45) is 0 Å². The number of piperazine rings is 1. The van der Waals surface area contributed by atoms with Gasteiger partial charge in [0.05, 0.1) is 16.9 Å². The van der Waals surface area contributed by atoms with Crippen molar-refractivity contribution >= 4 is 45.0 Å². The normalized spacial score (nSPS) is 16.0. The van der Waals surface area contributed by atoms with Crippen LogP contribution in [0, 0.1) is 6.92 Å². The SMILES string of the molecule is Cc1cc(N2CCN(C(=O)CSCc3nc4sc5c(c4c(=O)[nH]3)CCC5)CC2)nc(C(C)C)n1. The third-order valence-electron chi connectivity index (χ3n) is 6.42. The monoisotopic (exact) mass is 498 g/mol. The predicted octanol–water partition coefficient (Wildman–Crippen LogP) is 3.28. The average molecular weight is 499 g/mol. The summed E-state index contributed by atoms with van der Waals surface area (Å²) in [5.74, 6) is 3.78. The van der Waals surface area contributed by atoms with Gasteiger partial charge in [-0.05, 0) is 31.7 Å². The smallest absolute Gasteiger partial charge is 0.259 e. The lowest BCUT2D eigenvalue weighted by Gasteiger charge is -2.35. The number of carbonyl (C=O) groups excluding carboxylic acids is 1. The van der Waals surface area contributed by atoms with Crippen molar-refractivity contribution in [3.63, 3.8) is 0 Å². The van der Waals surface area contributed by atoms with E-state index in [0.717, 1.165) is 59.9 Å². The van der Waals surface area contributed by atoms with Crippen LogP contribution < -0.4 is 10.5 Å². The van der Waals surface area contributed by atoms with E-state index in [1.54, 1.807) is 11.3 Å². The first kappa shape index (κ1) is 23.3. The van der Waals surface area contributed by atoms with Gasteiger partial charge in [0.2, 0.25) is 5.91 Å². The summed E-state index contributed by atoms with van der Waals surface area (Å²) in [4.78, 5) is 48.6. The zero-order chi connectivity index (χ0) is 23.8. The molecule has 0 spiro atoms. The fourth-order valence-electron chi connectivity index (χ4n) is 4.62. The molecule has 0 unspecified atom stereocenters. The second-order valence-corrected chi connectivity index (χ2v) is 11.4. The van der Waals surface area contributed by atoms with Crippen LogP contribution in [0.15, 0.2) is 10.9 Å². The lowest BCUT2D eigenvalue weighted by molar-refractivity contribution is -0.128. The van der Waals surface area contributed by atoms with E-state index in [0.29, 0.717) is 30.4 Å². The van der Waals surface area contributed by atoms with Crippen LogP contribution >= 0.6 is 23.1 Å². The van der Waals surface area contributed by atoms with Crippen LogP contribution in [0.2, 0.25) is 0 Å². The lowest BCUT2D eigenvalue weighted by atomic mass is 10.2. The van der Waals surface area contributed by atoms with Gasteiger partial charge in [0, 0.05) is 48.7 Å². The van der Waals surface area contributed by atoms with Gasteiger partial charge in [-0.1, -0.05) is 13.8 Å². The standard InChI is InChI=1S/C24H30N6O2S2/c1-14(2)22-25-15(3)11-19(28-22)29-7-9-30(10-8-29)20(31)13-33-12-18-26-23(32)21-16-5-4-6-17(16)34-24(21)27-18/h11,14H,4-10,12-13H2,1-3H3,(H,26,27,32). The van der Waals surface area contributed by atoms with E-state index in [-0.39, 0.29) is 17.4 Å². The number of fused-ring (bicyclic) bond motifs is 3. The van der Waals surface area contributed by atoms with Gasteiger partial charge >= 0.3 is 0 Å². The number of nitrogens with one attached hydrogen (secondary N) is 1. The Labute approximate surface area is 207 Å². The number of carbonyl (C=O) groups is 1. The summed E-state index contributed by atoms with van der Waals surface area (Å²) >= 11 is 3.16. The minimum absolute atomic E-state index is 0.0389. The molecule has 4 heterocycles. The first-order valence-electron chi connectivity index (χ1n) is 11.9. The Morgan fingerprint density at radius 1 is 1.18 bits per heavy atom. The topological polar surface area (TPSA) is 95.1 Å². The molecule has 0 atom stereocenters. The number of nitrogens with zero attached hydrogens (tertiary/aromatic N) is 5. The molecule has 2 aliphatic rings. The molecule has 8 nitrogen and oxygen atoms in total. The fraction of sp³-hybridized carbons (Fsp3) is 0.542. The molecule has 1 aliphatic carbocycles. The highest BCUT2D eigenvalue weighted by atomic mass is 32.2. The van der Waals surface area contributed by atoms with E-state index in [2.05, 4.69) is 33.7 Å². The van der Waals surface area contributed by atoms with E-state index < -0.39 is 0 Å². The van der Waals surface area contributed by atoms with Gasteiger partial charge in [-0.25, -0.2) is 15.0 Å². The summed E-state index contributed by atoms with van der Waals surface area (Å²) < 4.78 is 0. The number of aryl methyl sites for hydroxylation is 3. The number of amides is 1. The number of aromatic amines is 1. The van der Waals surface area contributed by atoms with E-state index in [9.17, 15) is 9.59 Å². The van der Waals surface area contributed by atoms with Gasteiger partial charge < -0.3 is 14.8 Å². The van der Waals surface area contributed by atoms with Gasteiger partial charge in [-0.15, -0.1) is 23.1 Å². The molecule has 3 aromatic heterocycles. The van der Waals surface area contributed by atoms with Crippen molar-refractivity contribution in [2.45, 2.75) is 51.7 Å². The van der Waals surface area contributed by atoms with Crippen molar-refractivity contribution in [3.8, 4) is 0 Å². The molecule has 1 saturated heterocycles. The molecule has 1 amide bonds. The summed E-state index contributed by atoms with van der Waals surface area (Å²) in [7, 11) is 0. The molecule has 0 bridgehead atoms. The summed E-state index contributed by atoms with van der Waals surface area (Å²) in [6, 6.07) is 2.02. The summed E-state index contributed by atoms with van der Waals surface area (Å²) in [6.45, 7) is 9.09. The molecule has 10 heteroatoms. The van der Waals surface area contributed by atoms with E-state index in [1.165, 1.54) is 22.2 Å². The molecule has 1 fully saturated rings. The van der Waals surface area contributed by atoms with Gasteiger partial charge in [-0.3, -0.25) is 9.59 Å². The minimum atomic E-state index is -0.0389. The third kappa shape index (κ3) is 4.70. The minimum Gasteiger partial charge on any atom is -0.353 e. The molecule has 3 aromatic rings. The Morgan fingerprint density at radius 3 is 2.74 bits per heavy atom. The number of H-pyrrole nitrogens is 1. The maximum Gasteiger partial charge on any atom is 0.259 e. The van der Waals surface area contributed by atoms with Crippen molar-refractivity contribution in [1.82, 2.24) is 24.8 Å². The molecule has 180 valence electrons. The van der Waals surface area contributed by atoms with E-state index in [1.807, 2.05) is 17.9 Å². The highest BCUT2D eigenvalue weighted by Crippen LogP contribution is 2.34. The molecular weight excluding hydrogens is 468 g/mol. The Bertz CT molecular complexity index is 1280. The highest BCUT2D eigenvalue weighted by Gasteiger charge is 2.24. The molecule has 5 rings (SSSR count). The molecule has 1 N–H and O–H groups in total. The molecule has 1 aliphatic heterocycles. The second-order valence-electron chi connectivity index (χ2n) is 9.29. The molecule has 0 aromatic carbocycles. The van der Waals surface area contributed by atoms with Crippen molar-refractivity contribution in [3.05, 3.63) is 44.2 Å². The lowest BCUT2D eigenvalue weighted by Crippen LogP contribution is -2.49. The number of thioether (sulfide) groups is 1. The highest BCUT2D eigenvalue weighted by molar-refractivity contribution is 7.99. The number of anilines is 1. The van der Waals surface area contributed by atoms with Crippen LogP contribution in [0.5, 0.6) is 0 Å². The molecule has 0 saturated carbocycles. The number of aromatic nitrogens is 4. The Hall–Kier alpha value is -2.46. The largest absolute Gasteiger partial charge is 0.353 e. The van der Waals surface area contributed by atoms with Crippen LogP contribution in [-0.4, -0.2) is 62.7 Å². The first-order valence-corrected chi connectivity index (χ1v) is 13.9. The van der Waals surface area contributed by atoms with Crippen LogP contribution in [0.3, 0.4) is 0 Å². The zero-order valence-corrected chi connectivity index (χ0v) is 21.5. The fourth-order valence-corrected chi connectivity index (χ4v) is 6.69. The first-order chi connectivity index (χ1) is 16.4. The van der Waals surface area contributed by atoms with Crippen molar-refractivity contribution in [2.75, 3.05) is 36.8 Å². The van der Waals surface area contributed by atoms with Crippen LogP contribution in [0.4, 0.5) is 5.82 Å². The van der Waals surface area contributed by atoms with Gasteiger partial charge in [-0.2, -0.15) is 0 Å². The van der Waals surface area contributed by atoms with Crippen LogP contribution in [0.25, 0.3) is 10.2 Å². The quantitative estimate of drug-likeness (QED) is 0.557. The Balaban J connectivity index is 1.14. The maximum absolute atomic E-state index is 12.8. The molecule has 0 radical (unpaired) electrons. The average Bonchev–Trinajstić information content (AvgIpc) is 3.39.